The number of aliphatic hydroxyl groups is 1. The summed E-state index contributed by atoms with van der Waals surface area (Å²) in [6, 6.07) is 7.38. The summed E-state index contributed by atoms with van der Waals surface area (Å²) in [6.45, 7) is 4.77. The van der Waals surface area contributed by atoms with Gasteiger partial charge in [0.2, 0.25) is 5.88 Å². The van der Waals surface area contributed by atoms with Crippen LogP contribution in [0.3, 0.4) is 0 Å². The number of hydrogen-bond donors (Lipinski definition) is 2. The number of hydrogen-bond acceptors (Lipinski definition) is 5. The van der Waals surface area contributed by atoms with Crippen LogP contribution in [-0.2, 0) is 13.0 Å². The second-order valence-electron chi connectivity index (χ2n) is 4.26. The lowest BCUT2D eigenvalue weighted by molar-refractivity contribution is 0.276. The average Bonchev–Trinajstić information content (AvgIpc) is 2.48. The fourth-order valence-corrected chi connectivity index (χ4v) is 1.96. The van der Waals surface area contributed by atoms with Crippen LogP contribution >= 0.6 is 0 Å². The monoisotopic (exact) mass is 273 g/mol. The molecular weight excluding hydrogens is 254 g/mol. The van der Waals surface area contributed by atoms with Crippen LogP contribution in [0, 0.1) is 0 Å². The predicted octanol–water partition coefficient (Wildman–Crippen LogP) is 2.76. The van der Waals surface area contributed by atoms with E-state index in [9.17, 15) is 5.11 Å². The Kier molecular flexibility index (Phi) is 4.90. The maximum atomic E-state index is 9.34. The van der Waals surface area contributed by atoms with Crippen molar-refractivity contribution < 1.29 is 9.84 Å². The third-order valence-electron chi connectivity index (χ3n) is 2.95. The van der Waals surface area contributed by atoms with E-state index >= 15 is 0 Å². The standard InChI is InChI=1S/C15H19N3O2/c1-3-12-14(16-4-2)17-10-18-15(12)20-13-8-6-5-7-11(13)9-19/h5-8,10,19H,3-4,9H2,1-2H3,(H,16,17,18). The van der Waals surface area contributed by atoms with E-state index in [-0.39, 0.29) is 6.61 Å². The number of benzene rings is 1. The minimum atomic E-state index is -0.0667. The first-order chi connectivity index (χ1) is 9.80. The van der Waals surface area contributed by atoms with Gasteiger partial charge in [-0.15, -0.1) is 0 Å². The minimum Gasteiger partial charge on any atom is -0.438 e. The van der Waals surface area contributed by atoms with Crippen LogP contribution in [0.1, 0.15) is 25.0 Å². The molecule has 1 aromatic carbocycles. The summed E-state index contributed by atoms with van der Waals surface area (Å²) in [6.07, 6.45) is 2.24. The number of nitrogens with zero attached hydrogens (tertiary/aromatic N) is 2. The Bertz CT molecular complexity index is 573. The molecule has 20 heavy (non-hydrogen) atoms. The van der Waals surface area contributed by atoms with Gasteiger partial charge in [0.1, 0.15) is 17.9 Å². The molecule has 0 aliphatic heterocycles. The molecule has 2 N–H and O–H groups in total. The topological polar surface area (TPSA) is 67.3 Å². The van der Waals surface area contributed by atoms with Gasteiger partial charge < -0.3 is 15.2 Å². The van der Waals surface area contributed by atoms with Gasteiger partial charge >= 0.3 is 0 Å². The number of para-hydroxylation sites is 1. The van der Waals surface area contributed by atoms with Crippen LogP contribution < -0.4 is 10.1 Å². The van der Waals surface area contributed by atoms with Gasteiger partial charge in [-0.2, -0.15) is 0 Å². The van der Waals surface area contributed by atoms with Crippen molar-refractivity contribution in [2.75, 3.05) is 11.9 Å². The molecule has 0 atom stereocenters. The second-order valence-corrected chi connectivity index (χ2v) is 4.26. The van der Waals surface area contributed by atoms with Crippen LogP contribution in [0.2, 0.25) is 0 Å². The number of rotatable bonds is 6. The van der Waals surface area contributed by atoms with Gasteiger partial charge in [0.25, 0.3) is 0 Å². The fourth-order valence-electron chi connectivity index (χ4n) is 1.96. The van der Waals surface area contributed by atoms with Crippen LogP contribution in [-0.4, -0.2) is 21.6 Å². The molecule has 0 saturated carbocycles. The van der Waals surface area contributed by atoms with Crippen LogP contribution in [0.4, 0.5) is 5.82 Å². The highest BCUT2D eigenvalue weighted by atomic mass is 16.5. The molecule has 0 fully saturated rings. The van der Waals surface area contributed by atoms with Gasteiger partial charge in [-0.05, 0) is 19.4 Å². The summed E-state index contributed by atoms with van der Waals surface area (Å²) in [4.78, 5) is 8.44. The summed E-state index contributed by atoms with van der Waals surface area (Å²) in [7, 11) is 0. The maximum Gasteiger partial charge on any atom is 0.227 e. The molecule has 0 aliphatic rings. The molecule has 0 unspecified atom stereocenters. The first kappa shape index (κ1) is 14.3. The molecule has 2 rings (SSSR count). The zero-order chi connectivity index (χ0) is 14.4. The van der Waals surface area contributed by atoms with E-state index in [0.717, 1.165) is 29.9 Å². The van der Waals surface area contributed by atoms with Crippen molar-refractivity contribution in [3.63, 3.8) is 0 Å². The highest BCUT2D eigenvalue weighted by Gasteiger charge is 2.12. The molecular formula is C15H19N3O2. The molecule has 1 aromatic heterocycles. The smallest absolute Gasteiger partial charge is 0.227 e. The lowest BCUT2D eigenvalue weighted by Gasteiger charge is -2.14. The van der Waals surface area contributed by atoms with E-state index in [1.54, 1.807) is 0 Å². The summed E-state index contributed by atoms with van der Waals surface area (Å²) < 4.78 is 5.86. The van der Waals surface area contributed by atoms with Gasteiger partial charge in [-0.25, -0.2) is 9.97 Å². The van der Waals surface area contributed by atoms with E-state index in [1.165, 1.54) is 6.33 Å². The normalized spacial score (nSPS) is 10.3. The summed E-state index contributed by atoms with van der Waals surface area (Å²) in [5.41, 5.74) is 1.67. The Morgan fingerprint density at radius 2 is 2.00 bits per heavy atom. The molecule has 0 saturated heterocycles. The van der Waals surface area contributed by atoms with Crippen molar-refractivity contribution in [2.45, 2.75) is 26.9 Å². The van der Waals surface area contributed by atoms with E-state index < -0.39 is 0 Å². The van der Waals surface area contributed by atoms with E-state index in [4.69, 9.17) is 4.74 Å². The van der Waals surface area contributed by atoms with Crippen molar-refractivity contribution in [2.24, 2.45) is 0 Å². The second kappa shape index (κ2) is 6.86. The van der Waals surface area contributed by atoms with Crippen molar-refractivity contribution in [1.29, 1.82) is 0 Å². The Morgan fingerprint density at radius 1 is 1.20 bits per heavy atom. The zero-order valence-corrected chi connectivity index (χ0v) is 11.8. The van der Waals surface area contributed by atoms with Gasteiger partial charge in [-0.1, -0.05) is 25.1 Å². The molecule has 0 aliphatic carbocycles. The summed E-state index contributed by atoms with van der Waals surface area (Å²) >= 11 is 0. The third-order valence-corrected chi connectivity index (χ3v) is 2.95. The average molecular weight is 273 g/mol. The first-order valence-electron chi connectivity index (χ1n) is 6.74. The maximum absolute atomic E-state index is 9.34. The van der Waals surface area contributed by atoms with Crippen molar-refractivity contribution in [3.05, 3.63) is 41.7 Å². The Labute approximate surface area is 118 Å². The van der Waals surface area contributed by atoms with Gasteiger partial charge in [0.15, 0.2) is 0 Å². The summed E-state index contributed by atoms with van der Waals surface area (Å²) in [5.74, 6) is 1.94. The molecule has 0 spiro atoms. The molecule has 5 nitrogen and oxygen atoms in total. The fraction of sp³-hybridized carbons (Fsp3) is 0.333. The van der Waals surface area contributed by atoms with Crippen molar-refractivity contribution in [1.82, 2.24) is 9.97 Å². The molecule has 0 radical (unpaired) electrons. The number of aromatic nitrogens is 2. The lowest BCUT2D eigenvalue weighted by atomic mass is 10.2. The first-order valence-corrected chi connectivity index (χ1v) is 6.74. The highest BCUT2D eigenvalue weighted by molar-refractivity contribution is 5.50. The number of nitrogens with one attached hydrogen (secondary N) is 1. The number of ether oxygens (including phenoxy) is 1. The van der Waals surface area contributed by atoms with Crippen molar-refractivity contribution >= 4 is 5.82 Å². The van der Waals surface area contributed by atoms with E-state index in [2.05, 4.69) is 15.3 Å². The quantitative estimate of drug-likeness (QED) is 0.847. The van der Waals surface area contributed by atoms with Crippen LogP contribution in [0.15, 0.2) is 30.6 Å². The third kappa shape index (κ3) is 3.05. The SMILES string of the molecule is CCNc1ncnc(Oc2ccccc2CO)c1CC. The Balaban J connectivity index is 2.35. The van der Waals surface area contributed by atoms with Gasteiger partial charge in [0, 0.05) is 12.1 Å². The largest absolute Gasteiger partial charge is 0.438 e. The van der Waals surface area contributed by atoms with E-state index in [0.29, 0.717) is 11.6 Å². The number of aliphatic hydroxyl groups excluding tert-OH is 1. The zero-order valence-electron chi connectivity index (χ0n) is 11.8. The summed E-state index contributed by atoms with van der Waals surface area (Å²) in [5, 5.41) is 12.5. The molecule has 2 aromatic rings. The Hall–Kier alpha value is -2.14. The van der Waals surface area contributed by atoms with Crippen molar-refractivity contribution in [3.8, 4) is 11.6 Å². The Morgan fingerprint density at radius 3 is 2.70 bits per heavy atom. The van der Waals surface area contributed by atoms with E-state index in [1.807, 2.05) is 38.1 Å². The molecule has 0 bridgehead atoms. The number of anilines is 1. The molecule has 5 heteroatoms. The van der Waals surface area contributed by atoms with Crippen LogP contribution in [0.25, 0.3) is 0 Å². The molecule has 106 valence electrons. The molecule has 0 amide bonds. The van der Waals surface area contributed by atoms with Crippen LogP contribution in [0.5, 0.6) is 11.6 Å². The predicted molar refractivity (Wildman–Crippen MR) is 78.0 cm³/mol. The van der Waals surface area contributed by atoms with Gasteiger partial charge in [0.05, 0.1) is 12.2 Å². The highest BCUT2D eigenvalue weighted by Crippen LogP contribution is 2.29. The lowest BCUT2D eigenvalue weighted by Crippen LogP contribution is -2.06. The minimum absolute atomic E-state index is 0.0667. The van der Waals surface area contributed by atoms with Gasteiger partial charge in [-0.3, -0.25) is 0 Å². The molecule has 1 heterocycles.